The quantitative estimate of drug-likeness (QED) is 0.610. The third kappa shape index (κ3) is 2.27. The summed E-state index contributed by atoms with van der Waals surface area (Å²) in [5.74, 6) is 0. The van der Waals surface area contributed by atoms with E-state index >= 15 is 0 Å². The first kappa shape index (κ1) is 10.4. The van der Waals surface area contributed by atoms with Crippen LogP contribution in [-0.2, 0) is 0 Å². The van der Waals surface area contributed by atoms with E-state index in [4.69, 9.17) is 5.73 Å². The molecule has 82 valence electrons. The molecular weight excluding hydrogens is 176 g/mol. The molecule has 2 unspecified atom stereocenters. The summed E-state index contributed by atoms with van der Waals surface area (Å²) >= 11 is 0. The summed E-state index contributed by atoms with van der Waals surface area (Å²) in [5, 5.41) is 10.0. The fourth-order valence-corrected chi connectivity index (χ4v) is 2.81. The maximum absolute atomic E-state index is 10.0. The molecule has 2 aliphatic rings. The van der Waals surface area contributed by atoms with Crippen LogP contribution in [0.25, 0.3) is 0 Å². The molecule has 2 fully saturated rings. The smallest absolute Gasteiger partial charge is 0.0695 e. The highest BCUT2D eigenvalue weighted by Crippen LogP contribution is 2.24. The summed E-state index contributed by atoms with van der Waals surface area (Å²) in [4.78, 5) is 2.40. The van der Waals surface area contributed by atoms with Gasteiger partial charge in [0, 0.05) is 25.2 Å². The average Bonchev–Trinajstić information content (AvgIpc) is 2.46. The topological polar surface area (TPSA) is 49.5 Å². The number of nitrogens with zero attached hydrogens (tertiary/aromatic N) is 1. The van der Waals surface area contributed by atoms with Crippen molar-refractivity contribution in [2.75, 3.05) is 13.1 Å². The van der Waals surface area contributed by atoms with E-state index in [2.05, 4.69) is 4.90 Å². The minimum absolute atomic E-state index is 0.109. The van der Waals surface area contributed by atoms with Gasteiger partial charge in [-0.3, -0.25) is 4.90 Å². The Bertz CT molecular complexity index is 186. The summed E-state index contributed by atoms with van der Waals surface area (Å²) in [5.41, 5.74) is 5.89. The molecule has 0 aromatic heterocycles. The maximum atomic E-state index is 10.0. The summed E-state index contributed by atoms with van der Waals surface area (Å²) in [6.45, 7) is 2.07. The van der Waals surface area contributed by atoms with Crippen LogP contribution < -0.4 is 5.73 Å². The molecule has 0 amide bonds. The van der Waals surface area contributed by atoms with Crippen molar-refractivity contribution in [3.05, 3.63) is 0 Å². The Hall–Kier alpha value is -0.120. The first-order valence-corrected chi connectivity index (χ1v) is 5.95. The lowest BCUT2D eigenvalue weighted by atomic mass is 10.0. The second kappa shape index (κ2) is 4.60. The van der Waals surface area contributed by atoms with Gasteiger partial charge in [-0.05, 0) is 19.3 Å². The molecule has 3 heteroatoms. The molecular formula is C11H22N2O. The number of nitrogens with two attached hydrogens (primary N) is 1. The van der Waals surface area contributed by atoms with Crippen molar-refractivity contribution in [3.8, 4) is 0 Å². The van der Waals surface area contributed by atoms with Crippen LogP contribution in [0.4, 0.5) is 0 Å². The number of rotatable bonds is 1. The SMILES string of the molecule is N[C@@H]1CCN(C2CCCCCC2O)C1. The Morgan fingerprint density at radius 3 is 2.57 bits per heavy atom. The lowest BCUT2D eigenvalue weighted by Gasteiger charge is -2.30. The molecule has 14 heavy (non-hydrogen) atoms. The highest BCUT2D eigenvalue weighted by atomic mass is 16.3. The third-order valence-electron chi connectivity index (χ3n) is 3.67. The van der Waals surface area contributed by atoms with Crippen molar-refractivity contribution >= 4 is 0 Å². The normalized spacial score (nSPS) is 41.1. The Morgan fingerprint density at radius 2 is 1.86 bits per heavy atom. The molecule has 3 nitrogen and oxygen atoms in total. The highest BCUT2D eigenvalue weighted by Gasteiger charge is 2.31. The van der Waals surface area contributed by atoms with E-state index in [0.29, 0.717) is 12.1 Å². The van der Waals surface area contributed by atoms with Crippen LogP contribution in [0.5, 0.6) is 0 Å². The molecule has 3 N–H and O–H groups in total. The molecule has 2 rings (SSSR count). The summed E-state index contributed by atoms with van der Waals surface area (Å²) in [6, 6.07) is 0.733. The van der Waals surface area contributed by atoms with E-state index in [9.17, 15) is 5.11 Å². The zero-order chi connectivity index (χ0) is 9.97. The minimum Gasteiger partial charge on any atom is -0.391 e. The Kier molecular flexibility index (Phi) is 3.42. The monoisotopic (exact) mass is 198 g/mol. The molecule has 0 aromatic rings. The van der Waals surface area contributed by atoms with Gasteiger partial charge in [0.25, 0.3) is 0 Å². The van der Waals surface area contributed by atoms with E-state index in [1.807, 2.05) is 0 Å². The van der Waals surface area contributed by atoms with Crippen molar-refractivity contribution in [1.82, 2.24) is 4.90 Å². The van der Waals surface area contributed by atoms with E-state index < -0.39 is 0 Å². The molecule has 0 radical (unpaired) electrons. The van der Waals surface area contributed by atoms with Crippen molar-refractivity contribution in [2.45, 2.75) is 56.7 Å². The highest BCUT2D eigenvalue weighted by molar-refractivity contribution is 4.88. The Morgan fingerprint density at radius 1 is 1.07 bits per heavy atom. The fraction of sp³-hybridized carbons (Fsp3) is 1.00. The van der Waals surface area contributed by atoms with Gasteiger partial charge in [-0.25, -0.2) is 0 Å². The first-order valence-electron chi connectivity index (χ1n) is 5.95. The first-order chi connectivity index (χ1) is 6.77. The van der Waals surface area contributed by atoms with Crippen molar-refractivity contribution in [1.29, 1.82) is 0 Å². The van der Waals surface area contributed by atoms with E-state index in [0.717, 1.165) is 32.4 Å². The van der Waals surface area contributed by atoms with Gasteiger partial charge in [0.2, 0.25) is 0 Å². The lowest BCUT2D eigenvalue weighted by molar-refractivity contribution is 0.0564. The summed E-state index contributed by atoms with van der Waals surface area (Å²) in [7, 11) is 0. The van der Waals surface area contributed by atoms with Crippen molar-refractivity contribution in [2.24, 2.45) is 5.73 Å². The molecule has 1 aliphatic carbocycles. The molecule has 0 spiro atoms. The second-order valence-corrected chi connectivity index (χ2v) is 4.82. The van der Waals surface area contributed by atoms with Crippen LogP contribution in [-0.4, -0.2) is 41.3 Å². The van der Waals surface area contributed by atoms with Crippen LogP contribution >= 0.6 is 0 Å². The van der Waals surface area contributed by atoms with Crippen LogP contribution in [0, 0.1) is 0 Å². The van der Waals surface area contributed by atoms with E-state index in [-0.39, 0.29) is 6.10 Å². The minimum atomic E-state index is -0.109. The Labute approximate surface area is 86.3 Å². The molecule has 0 bridgehead atoms. The lowest BCUT2D eigenvalue weighted by Crippen LogP contribution is -2.42. The van der Waals surface area contributed by atoms with Gasteiger partial charge in [-0.15, -0.1) is 0 Å². The van der Waals surface area contributed by atoms with Crippen LogP contribution in [0.3, 0.4) is 0 Å². The fourth-order valence-electron chi connectivity index (χ4n) is 2.81. The van der Waals surface area contributed by atoms with E-state index in [1.165, 1.54) is 19.3 Å². The van der Waals surface area contributed by atoms with Crippen LogP contribution in [0.2, 0.25) is 0 Å². The number of hydrogen-bond acceptors (Lipinski definition) is 3. The summed E-state index contributed by atoms with van der Waals surface area (Å²) in [6.07, 6.45) is 6.88. The van der Waals surface area contributed by atoms with Crippen LogP contribution in [0.15, 0.2) is 0 Å². The van der Waals surface area contributed by atoms with E-state index in [1.54, 1.807) is 0 Å². The molecule has 0 aromatic carbocycles. The third-order valence-corrected chi connectivity index (χ3v) is 3.67. The number of hydrogen-bond donors (Lipinski definition) is 2. The standard InChI is InChI=1S/C11H22N2O/c12-9-6-7-13(8-9)10-4-2-1-3-5-11(10)14/h9-11,14H,1-8,12H2/t9-,10?,11?/m1/s1. The molecule has 1 heterocycles. The number of aliphatic hydroxyl groups excluding tert-OH is 1. The Balaban J connectivity index is 1.93. The predicted molar refractivity (Wildman–Crippen MR) is 57.0 cm³/mol. The maximum Gasteiger partial charge on any atom is 0.0695 e. The zero-order valence-corrected chi connectivity index (χ0v) is 8.86. The average molecular weight is 198 g/mol. The van der Waals surface area contributed by atoms with Crippen molar-refractivity contribution < 1.29 is 5.11 Å². The number of likely N-dealkylation sites (tertiary alicyclic amines) is 1. The predicted octanol–water partition coefficient (Wildman–Crippen LogP) is 0.713. The van der Waals surface area contributed by atoms with Gasteiger partial charge in [-0.2, -0.15) is 0 Å². The van der Waals surface area contributed by atoms with Crippen LogP contribution in [0.1, 0.15) is 38.5 Å². The van der Waals surface area contributed by atoms with Gasteiger partial charge in [0.05, 0.1) is 6.10 Å². The van der Waals surface area contributed by atoms with Gasteiger partial charge in [0.1, 0.15) is 0 Å². The summed E-state index contributed by atoms with van der Waals surface area (Å²) < 4.78 is 0. The molecule has 1 saturated heterocycles. The second-order valence-electron chi connectivity index (χ2n) is 4.82. The molecule has 1 aliphatic heterocycles. The van der Waals surface area contributed by atoms with Gasteiger partial charge in [-0.1, -0.05) is 19.3 Å². The molecule has 1 saturated carbocycles. The van der Waals surface area contributed by atoms with Gasteiger partial charge >= 0.3 is 0 Å². The van der Waals surface area contributed by atoms with Gasteiger partial charge in [0.15, 0.2) is 0 Å². The van der Waals surface area contributed by atoms with Crippen molar-refractivity contribution in [3.63, 3.8) is 0 Å². The van der Waals surface area contributed by atoms with Gasteiger partial charge < -0.3 is 10.8 Å². The zero-order valence-electron chi connectivity index (χ0n) is 8.86. The number of aliphatic hydroxyl groups is 1. The molecule has 3 atom stereocenters. The largest absolute Gasteiger partial charge is 0.391 e.